The van der Waals surface area contributed by atoms with Crippen molar-refractivity contribution in [2.75, 3.05) is 14.2 Å². The van der Waals surface area contributed by atoms with Gasteiger partial charge in [-0.25, -0.2) is 0 Å². The van der Waals surface area contributed by atoms with Crippen LogP contribution in [0.5, 0.6) is 11.5 Å². The molecule has 0 saturated carbocycles. The highest BCUT2D eigenvalue weighted by Gasteiger charge is 2.14. The maximum absolute atomic E-state index is 5.51. The van der Waals surface area contributed by atoms with Crippen LogP contribution < -0.4 is 9.47 Å². The van der Waals surface area contributed by atoms with Gasteiger partial charge in [-0.2, -0.15) is 0 Å². The standard InChI is InChI=1S/C30H23NO2/c1-32-25-13-10-20(11-14-25)21-12-15-28-24(16-21)19-30-27-9-4-3-6-22(27)18-29(31(28)30)23-7-5-8-26(17-23)33-2/h3-19H,1-2H3. The summed E-state index contributed by atoms with van der Waals surface area (Å²) in [6, 6.07) is 36.3. The van der Waals surface area contributed by atoms with Gasteiger partial charge in [0, 0.05) is 16.3 Å². The van der Waals surface area contributed by atoms with Crippen molar-refractivity contribution in [3.05, 3.63) is 103 Å². The maximum Gasteiger partial charge on any atom is 0.119 e. The van der Waals surface area contributed by atoms with Crippen LogP contribution in [0.15, 0.2) is 103 Å². The fraction of sp³-hybridized carbons (Fsp3) is 0.0667. The molecule has 0 aliphatic heterocycles. The summed E-state index contributed by atoms with van der Waals surface area (Å²) in [6.45, 7) is 0. The Morgan fingerprint density at radius 2 is 1.30 bits per heavy atom. The number of methoxy groups -OCH3 is 2. The molecule has 160 valence electrons. The monoisotopic (exact) mass is 429 g/mol. The highest BCUT2D eigenvalue weighted by atomic mass is 16.5. The minimum Gasteiger partial charge on any atom is -0.497 e. The minimum atomic E-state index is 0.854. The van der Waals surface area contributed by atoms with E-state index in [9.17, 15) is 0 Å². The van der Waals surface area contributed by atoms with Gasteiger partial charge in [-0.05, 0) is 65.0 Å². The number of hydrogen-bond donors (Lipinski definition) is 0. The molecule has 0 fully saturated rings. The number of nitrogens with zero attached hydrogens (tertiary/aromatic N) is 1. The van der Waals surface area contributed by atoms with Crippen molar-refractivity contribution in [1.29, 1.82) is 0 Å². The van der Waals surface area contributed by atoms with Gasteiger partial charge in [0.2, 0.25) is 0 Å². The Hall–Kier alpha value is -4.24. The van der Waals surface area contributed by atoms with E-state index < -0.39 is 0 Å². The lowest BCUT2D eigenvalue weighted by Gasteiger charge is -2.12. The fourth-order valence-electron chi connectivity index (χ4n) is 4.70. The van der Waals surface area contributed by atoms with Crippen LogP contribution in [-0.2, 0) is 0 Å². The molecule has 0 N–H and O–H groups in total. The van der Waals surface area contributed by atoms with Gasteiger partial charge in [-0.15, -0.1) is 0 Å². The Morgan fingerprint density at radius 3 is 2.12 bits per heavy atom. The minimum absolute atomic E-state index is 0.854. The lowest BCUT2D eigenvalue weighted by molar-refractivity contribution is 0.415. The second-order valence-electron chi connectivity index (χ2n) is 8.22. The van der Waals surface area contributed by atoms with Gasteiger partial charge in [0.05, 0.1) is 30.9 Å². The van der Waals surface area contributed by atoms with Crippen LogP contribution in [0.4, 0.5) is 0 Å². The van der Waals surface area contributed by atoms with E-state index in [1.807, 2.05) is 24.3 Å². The lowest BCUT2D eigenvalue weighted by atomic mass is 10.0. The molecule has 3 heteroatoms. The fourth-order valence-corrected chi connectivity index (χ4v) is 4.70. The summed E-state index contributed by atoms with van der Waals surface area (Å²) >= 11 is 0. The van der Waals surface area contributed by atoms with Crippen molar-refractivity contribution >= 4 is 27.2 Å². The van der Waals surface area contributed by atoms with Crippen LogP contribution in [0.1, 0.15) is 0 Å². The Morgan fingerprint density at radius 1 is 0.515 bits per heavy atom. The summed E-state index contributed by atoms with van der Waals surface area (Å²) in [5.74, 6) is 1.72. The molecule has 6 aromatic rings. The Balaban J connectivity index is 1.64. The molecule has 0 atom stereocenters. The summed E-state index contributed by atoms with van der Waals surface area (Å²) in [7, 11) is 3.40. The van der Waals surface area contributed by atoms with Crippen LogP contribution in [0.3, 0.4) is 0 Å². The molecule has 2 heterocycles. The summed E-state index contributed by atoms with van der Waals surface area (Å²) in [5.41, 5.74) is 7.02. The number of hydrogen-bond acceptors (Lipinski definition) is 2. The van der Waals surface area contributed by atoms with Crippen LogP contribution in [0, 0.1) is 0 Å². The van der Waals surface area contributed by atoms with E-state index in [0.29, 0.717) is 0 Å². The van der Waals surface area contributed by atoms with Gasteiger partial charge in [0.15, 0.2) is 0 Å². The van der Waals surface area contributed by atoms with Gasteiger partial charge >= 0.3 is 0 Å². The molecule has 33 heavy (non-hydrogen) atoms. The van der Waals surface area contributed by atoms with Crippen molar-refractivity contribution in [3.8, 4) is 33.9 Å². The second kappa shape index (κ2) is 7.72. The Labute approximate surface area is 192 Å². The Bertz CT molecular complexity index is 1630. The van der Waals surface area contributed by atoms with E-state index in [-0.39, 0.29) is 0 Å². The van der Waals surface area contributed by atoms with Crippen molar-refractivity contribution in [3.63, 3.8) is 0 Å². The number of rotatable bonds is 4. The normalized spacial score (nSPS) is 11.3. The summed E-state index contributed by atoms with van der Waals surface area (Å²) in [6.07, 6.45) is 0. The maximum atomic E-state index is 5.51. The summed E-state index contributed by atoms with van der Waals surface area (Å²) in [5, 5.41) is 3.68. The van der Waals surface area contributed by atoms with Gasteiger partial charge in [0.25, 0.3) is 0 Å². The molecule has 3 nitrogen and oxygen atoms in total. The first-order valence-electron chi connectivity index (χ1n) is 11.0. The molecule has 0 amide bonds. The average Bonchev–Trinajstić information content (AvgIpc) is 3.27. The molecular formula is C30H23NO2. The number of fused-ring (bicyclic) bond motifs is 5. The SMILES string of the molecule is COc1ccc(-c2ccc3c(c2)cc2c4ccccc4cc(-c4cccc(OC)c4)n32)cc1. The van der Waals surface area contributed by atoms with Gasteiger partial charge in [-0.1, -0.05) is 54.6 Å². The van der Waals surface area contributed by atoms with Crippen LogP contribution in [0.2, 0.25) is 0 Å². The van der Waals surface area contributed by atoms with E-state index in [4.69, 9.17) is 9.47 Å². The molecule has 0 unspecified atom stereocenters. The lowest BCUT2D eigenvalue weighted by Crippen LogP contribution is -1.94. The Kier molecular flexibility index (Phi) is 4.55. The average molecular weight is 430 g/mol. The second-order valence-corrected chi connectivity index (χ2v) is 8.22. The first-order chi connectivity index (χ1) is 16.2. The number of benzene rings is 4. The topological polar surface area (TPSA) is 22.9 Å². The van der Waals surface area contributed by atoms with Gasteiger partial charge in [-0.3, -0.25) is 0 Å². The van der Waals surface area contributed by atoms with Crippen molar-refractivity contribution in [2.45, 2.75) is 0 Å². The number of aromatic nitrogens is 1. The third kappa shape index (κ3) is 3.21. The highest BCUT2D eigenvalue weighted by molar-refractivity contribution is 6.05. The van der Waals surface area contributed by atoms with Gasteiger partial charge < -0.3 is 13.9 Å². The zero-order chi connectivity index (χ0) is 22.4. The van der Waals surface area contributed by atoms with E-state index in [1.54, 1.807) is 14.2 Å². The van der Waals surface area contributed by atoms with Crippen molar-refractivity contribution in [2.24, 2.45) is 0 Å². The first kappa shape index (κ1) is 19.4. The van der Waals surface area contributed by atoms with E-state index >= 15 is 0 Å². The quantitative estimate of drug-likeness (QED) is 0.288. The largest absolute Gasteiger partial charge is 0.497 e. The highest BCUT2D eigenvalue weighted by Crippen LogP contribution is 2.36. The summed E-state index contributed by atoms with van der Waals surface area (Å²) in [4.78, 5) is 0. The predicted octanol–water partition coefficient (Wildman–Crippen LogP) is 7.60. The molecule has 0 bridgehead atoms. The molecule has 0 spiro atoms. The third-order valence-corrected chi connectivity index (χ3v) is 6.36. The van der Waals surface area contributed by atoms with Gasteiger partial charge in [0.1, 0.15) is 11.5 Å². The van der Waals surface area contributed by atoms with E-state index in [1.165, 1.54) is 38.3 Å². The van der Waals surface area contributed by atoms with E-state index in [2.05, 4.69) is 83.3 Å². The summed E-state index contributed by atoms with van der Waals surface area (Å²) < 4.78 is 13.2. The molecule has 0 saturated heterocycles. The molecule has 4 aromatic carbocycles. The molecule has 0 radical (unpaired) electrons. The molecule has 0 aliphatic carbocycles. The third-order valence-electron chi connectivity index (χ3n) is 6.36. The molecule has 0 aliphatic rings. The number of ether oxygens (including phenoxy) is 2. The molecule has 2 aromatic heterocycles. The smallest absolute Gasteiger partial charge is 0.119 e. The van der Waals surface area contributed by atoms with E-state index in [0.717, 1.165) is 22.8 Å². The zero-order valence-corrected chi connectivity index (χ0v) is 18.6. The van der Waals surface area contributed by atoms with Crippen LogP contribution >= 0.6 is 0 Å². The zero-order valence-electron chi connectivity index (χ0n) is 18.6. The van der Waals surface area contributed by atoms with Crippen LogP contribution in [-0.4, -0.2) is 18.6 Å². The number of pyridine rings is 1. The predicted molar refractivity (Wildman–Crippen MR) is 136 cm³/mol. The molecule has 6 rings (SSSR count). The van der Waals surface area contributed by atoms with Crippen molar-refractivity contribution < 1.29 is 9.47 Å². The molecular weight excluding hydrogens is 406 g/mol. The first-order valence-corrected chi connectivity index (χ1v) is 11.0. The van der Waals surface area contributed by atoms with Crippen LogP contribution in [0.25, 0.3) is 49.6 Å². The van der Waals surface area contributed by atoms with Crippen molar-refractivity contribution in [1.82, 2.24) is 4.40 Å².